The molecule has 118 valence electrons. The van der Waals surface area contributed by atoms with E-state index in [0.717, 1.165) is 12.8 Å². The summed E-state index contributed by atoms with van der Waals surface area (Å²) in [6, 6.07) is 7.79. The molecular formula is C14H19ClF2IN3. The van der Waals surface area contributed by atoms with E-state index < -0.39 is 13.0 Å². The van der Waals surface area contributed by atoms with Crippen molar-refractivity contribution in [3.05, 3.63) is 34.9 Å². The molecule has 0 spiro atoms. The van der Waals surface area contributed by atoms with Crippen LogP contribution < -0.4 is 10.6 Å². The zero-order valence-electron chi connectivity index (χ0n) is 11.7. The molecule has 2 N–H and O–H groups in total. The van der Waals surface area contributed by atoms with Crippen LogP contribution >= 0.6 is 35.6 Å². The summed E-state index contributed by atoms with van der Waals surface area (Å²) in [5, 5.41) is 6.42. The number of hydrogen-bond acceptors (Lipinski definition) is 1. The van der Waals surface area contributed by atoms with Gasteiger partial charge < -0.3 is 10.6 Å². The number of alkyl halides is 2. The van der Waals surface area contributed by atoms with Crippen molar-refractivity contribution in [3.63, 3.8) is 0 Å². The van der Waals surface area contributed by atoms with E-state index in [1.165, 1.54) is 5.56 Å². The van der Waals surface area contributed by atoms with Crippen molar-refractivity contribution in [2.75, 3.05) is 20.1 Å². The van der Waals surface area contributed by atoms with Crippen molar-refractivity contribution in [3.8, 4) is 0 Å². The number of aliphatic imine (C=N–C) groups is 1. The van der Waals surface area contributed by atoms with Gasteiger partial charge in [0.1, 0.15) is 0 Å². The smallest absolute Gasteiger partial charge is 0.255 e. The second-order valence-electron chi connectivity index (χ2n) is 4.99. The largest absolute Gasteiger partial charge is 0.356 e. The first-order valence-corrected chi connectivity index (χ1v) is 6.92. The third-order valence-electron chi connectivity index (χ3n) is 3.53. The fourth-order valence-electron chi connectivity index (χ4n) is 2.18. The average molecular weight is 430 g/mol. The van der Waals surface area contributed by atoms with E-state index in [1.807, 2.05) is 18.2 Å². The van der Waals surface area contributed by atoms with Crippen molar-refractivity contribution in [2.24, 2.45) is 4.99 Å². The fourth-order valence-corrected chi connectivity index (χ4v) is 2.37. The molecule has 2 rings (SSSR count). The molecule has 0 bridgehead atoms. The van der Waals surface area contributed by atoms with E-state index in [-0.39, 0.29) is 29.4 Å². The summed E-state index contributed by atoms with van der Waals surface area (Å²) < 4.78 is 24.3. The zero-order valence-corrected chi connectivity index (χ0v) is 14.8. The number of nitrogens with zero attached hydrogens (tertiary/aromatic N) is 1. The molecule has 1 fully saturated rings. The van der Waals surface area contributed by atoms with Crippen LogP contribution in [-0.4, -0.2) is 32.5 Å². The van der Waals surface area contributed by atoms with Gasteiger partial charge in [-0.1, -0.05) is 23.7 Å². The van der Waals surface area contributed by atoms with Crippen molar-refractivity contribution in [2.45, 2.75) is 24.7 Å². The zero-order chi connectivity index (χ0) is 14.6. The van der Waals surface area contributed by atoms with E-state index in [9.17, 15) is 8.78 Å². The van der Waals surface area contributed by atoms with Crippen LogP contribution in [0.15, 0.2) is 29.3 Å². The minimum absolute atomic E-state index is 0. The molecule has 0 aliphatic heterocycles. The monoisotopic (exact) mass is 429 g/mol. The maximum absolute atomic E-state index is 12.2. The van der Waals surface area contributed by atoms with E-state index in [4.69, 9.17) is 11.6 Å². The van der Waals surface area contributed by atoms with Crippen LogP contribution in [0.5, 0.6) is 0 Å². The number of hydrogen-bond donors (Lipinski definition) is 2. The van der Waals surface area contributed by atoms with Gasteiger partial charge in [-0.05, 0) is 30.5 Å². The molecule has 1 aromatic rings. The van der Waals surface area contributed by atoms with Crippen LogP contribution in [0.2, 0.25) is 5.02 Å². The van der Waals surface area contributed by atoms with Gasteiger partial charge in [0.2, 0.25) is 0 Å². The van der Waals surface area contributed by atoms with Crippen molar-refractivity contribution in [1.29, 1.82) is 0 Å². The van der Waals surface area contributed by atoms with Gasteiger partial charge in [0.15, 0.2) is 5.96 Å². The van der Waals surface area contributed by atoms with Crippen LogP contribution in [0.3, 0.4) is 0 Å². The molecule has 1 aliphatic carbocycles. The fraction of sp³-hybridized carbons (Fsp3) is 0.500. The first kappa shape index (κ1) is 18.4. The molecule has 0 radical (unpaired) electrons. The van der Waals surface area contributed by atoms with Gasteiger partial charge in [0.05, 0.1) is 6.54 Å². The van der Waals surface area contributed by atoms with Gasteiger partial charge in [-0.25, -0.2) is 8.78 Å². The molecule has 0 saturated heterocycles. The Bertz CT molecular complexity index is 493. The standard InChI is InChI=1S/C14H18ClF2N3.HI/c1-18-13(19-8-12(16)17)20-9-14(5-6-14)10-3-2-4-11(15)7-10;/h2-4,7,12H,5-6,8-9H2,1H3,(H2,18,19,20);1H. The Morgan fingerprint density at radius 1 is 1.38 bits per heavy atom. The lowest BCUT2D eigenvalue weighted by atomic mass is 9.96. The summed E-state index contributed by atoms with van der Waals surface area (Å²) >= 11 is 6.01. The molecule has 0 unspecified atom stereocenters. The van der Waals surface area contributed by atoms with Gasteiger partial charge in [-0.2, -0.15) is 0 Å². The highest BCUT2D eigenvalue weighted by Gasteiger charge is 2.44. The van der Waals surface area contributed by atoms with E-state index in [0.29, 0.717) is 17.5 Å². The van der Waals surface area contributed by atoms with Gasteiger partial charge in [-0.15, -0.1) is 24.0 Å². The average Bonchev–Trinajstić information content (AvgIpc) is 3.20. The Kier molecular flexibility index (Phi) is 7.12. The maximum Gasteiger partial charge on any atom is 0.255 e. The SMILES string of the molecule is CN=C(NCC(F)F)NCC1(c2cccc(Cl)c2)CC1.I. The second kappa shape index (κ2) is 8.12. The highest BCUT2D eigenvalue weighted by Crippen LogP contribution is 2.48. The van der Waals surface area contributed by atoms with Gasteiger partial charge in [-0.3, -0.25) is 4.99 Å². The lowest BCUT2D eigenvalue weighted by molar-refractivity contribution is 0.152. The van der Waals surface area contributed by atoms with Crippen LogP contribution in [-0.2, 0) is 5.41 Å². The minimum atomic E-state index is -2.39. The van der Waals surface area contributed by atoms with E-state index >= 15 is 0 Å². The molecule has 3 nitrogen and oxygen atoms in total. The van der Waals surface area contributed by atoms with Gasteiger partial charge in [0, 0.05) is 24.0 Å². The normalized spacial score (nSPS) is 16.3. The summed E-state index contributed by atoms with van der Waals surface area (Å²) in [6.07, 6.45) is -0.269. The number of guanidine groups is 1. The third kappa shape index (κ3) is 5.25. The predicted octanol–water partition coefficient (Wildman–Crippen LogP) is 3.42. The minimum Gasteiger partial charge on any atom is -0.356 e. The van der Waals surface area contributed by atoms with Crippen LogP contribution in [0.1, 0.15) is 18.4 Å². The molecule has 1 aliphatic rings. The summed E-state index contributed by atoms with van der Waals surface area (Å²) in [5.41, 5.74) is 1.23. The third-order valence-corrected chi connectivity index (χ3v) is 3.77. The van der Waals surface area contributed by atoms with Gasteiger partial charge in [0.25, 0.3) is 6.43 Å². The Morgan fingerprint density at radius 2 is 2.10 bits per heavy atom. The first-order chi connectivity index (χ1) is 9.55. The molecule has 1 aromatic carbocycles. The van der Waals surface area contributed by atoms with E-state index in [2.05, 4.69) is 21.7 Å². The first-order valence-electron chi connectivity index (χ1n) is 6.54. The Morgan fingerprint density at radius 3 is 2.62 bits per heavy atom. The molecule has 1 saturated carbocycles. The summed E-state index contributed by atoms with van der Waals surface area (Å²) in [6.45, 7) is 0.264. The van der Waals surface area contributed by atoms with E-state index in [1.54, 1.807) is 7.05 Å². The highest BCUT2D eigenvalue weighted by molar-refractivity contribution is 14.0. The lowest BCUT2D eigenvalue weighted by Crippen LogP contribution is -2.42. The quantitative estimate of drug-likeness (QED) is 0.427. The Labute approximate surface area is 145 Å². The van der Waals surface area contributed by atoms with Crippen molar-refractivity contribution in [1.82, 2.24) is 10.6 Å². The molecular weight excluding hydrogens is 411 g/mol. The molecule has 0 heterocycles. The summed E-state index contributed by atoms with van der Waals surface area (Å²) in [7, 11) is 1.57. The lowest BCUT2D eigenvalue weighted by Gasteiger charge is -2.19. The van der Waals surface area contributed by atoms with Crippen LogP contribution in [0.25, 0.3) is 0 Å². The molecule has 0 atom stereocenters. The maximum atomic E-state index is 12.2. The Hall–Kier alpha value is -0.630. The number of halogens is 4. The van der Waals surface area contributed by atoms with Crippen molar-refractivity contribution < 1.29 is 8.78 Å². The van der Waals surface area contributed by atoms with Crippen LogP contribution in [0.4, 0.5) is 8.78 Å². The predicted molar refractivity (Wildman–Crippen MR) is 93.1 cm³/mol. The Balaban J connectivity index is 0.00000220. The van der Waals surface area contributed by atoms with Crippen LogP contribution in [0, 0.1) is 0 Å². The topological polar surface area (TPSA) is 36.4 Å². The molecule has 7 heteroatoms. The number of rotatable bonds is 5. The highest BCUT2D eigenvalue weighted by atomic mass is 127. The van der Waals surface area contributed by atoms with Crippen molar-refractivity contribution >= 4 is 41.5 Å². The molecule has 21 heavy (non-hydrogen) atoms. The second-order valence-corrected chi connectivity index (χ2v) is 5.42. The molecule has 0 aromatic heterocycles. The molecule has 0 amide bonds. The summed E-state index contributed by atoms with van der Waals surface area (Å²) in [4.78, 5) is 3.94. The van der Waals surface area contributed by atoms with Gasteiger partial charge >= 0.3 is 0 Å². The number of benzene rings is 1. The summed E-state index contributed by atoms with van der Waals surface area (Å²) in [5.74, 6) is 0.401. The number of nitrogens with one attached hydrogen (secondary N) is 2.